The van der Waals surface area contributed by atoms with E-state index in [0.717, 1.165) is 49.6 Å². The van der Waals surface area contributed by atoms with Crippen LogP contribution in [0, 0.1) is 13.8 Å². The Morgan fingerprint density at radius 2 is 1.96 bits per heavy atom. The molecule has 0 aliphatic carbocycles. The molecule has 1 aliphatic heterocycles. The van der Waals surface area contributed by atoms with Crippen molar-refractivity contribution in [1.29, 1.82) is 0 Å². The van der Waals surface area contributed by atoms with Crippen LogP contribution in [0.1, 0.15) is 39.0 Å². The normalized spacial score (nSPS) is 14.6. The van der Waals surface area contributed by atoms with Gasteiger partial charge in [-0.05, 0) is 19.4 Å². The maximum Gasteiger partial charge on any atom is 0.313 e. The van der Waals surface area contributed by atoms with Crippen LogP contribution in [0.2, 0.25) is 0 Å². The second kappa shape index (κ2) is 7.62. The number of thiazole rings is 1. The largest absolute Gasteiger partial charge is 0.437 e. The lowest BCUT2D eigenvalue weighted by atomic mass is 10.1. The van der Waals surface area contributed by atoms with Crippen LogP contribution in [0.15, 0.2) is 34.1 Å². The van der Waals surface area contributed by atoms with Gasteiger partial charge in [0.05, 0.1) is 11.4 Å². The lowest BCUT2D eigenvalue weighted by molar-refractivity contribution is 0.0988. The second-order valence-corrected chi connectivity index (χ2v) is 7.76. The smallest absolute Gasteiger partial charge is 0.313 e. The standard InChI is InChI=1S/C20H22N4O2S/c1-13-3-5-15(6-4-13)11-24-9-7-16-17(8-10-24)26-19(22-16)18(25)23-20-21-14(2)12-27-20/h3-6,12H,7-11H2,1-2H3,(H,21,23,25). The fourth-order valence-electron chi connectivity index (χ4n) is 3.18. The predicted octanol–water partition coefficient (Wildman–Crippen LogP) is 3.60. The number of nitrogens with one attached hydrogen (secondary N) is 1. The molecule has 0 saturated carbocycles. The first-order valence-electron chi connectivity index (χ1n) is 9.07. The SMILES string of the molecule is Cc1ccc(CN2CCc3nc(C(=O)Nc4nc(C)cs4)oc3CC2)cc1. The number of fused-ring (bicyclic) bond motifs is 1. The zero-order valence-corrected chi connectivity index (χ0v) is 16.3. The summed E-state index contributed by atoms with van der Waals surface area (Å²) in [5, 5.41) is 5.21. The Bertz CT molecular complexity index is 920. The van der Waals surface area contributed by atoms with Gasteiger partial charge in [0.2, 0.25) is 0 Å². The minimum Gasteiger partial charge on any atom is -0.437 e. The highest BCUT2D eigenvalue weighted by atomic mass is 32.1. The van der Waals surface area contributed by atoms with E-state index in [1.807, 2.05) is 12.3 Å². The number of amides is 1. The number of aryl methyl sites for hydroxylation is 2. The average molecular weight is 382 g/mol. The van der Waals surface area contributed by atoms with E-state index in [-0.39, 0.29) is 11.8 Å². The molecule has 0 saturated heterocycles. The molecule has 3 heterocycles. The van der Waals surface area contributed by atoms with E-state index >= 15 is 0 Å². The molecule has 27 heavy (non-hydrogen) atoms. The third-order valence-electron chi connectivity index (χ3n) is 4.66. The minimum atomic E-state index is -0.339. The van der Waals surface area contributed by atoms with E-state index in [4.69, 9.17) is 4.42 Å². The van der Waals surface area contributed by atoms with E-state index in [1.165, 1.54) is 22.5 Å². The van der Waals surface area contributed by atoms with Gasteiger partial charge in [-0.3, -0.25) is 15.0 Å². The molecule has 3 aromatic rings. The second-order valence-electron chi connectivity index (χ2n) is 6.90. The number of anilines is 1. The Balaban J connectivity index is 1.39. The molecule has 6 nitrogen and oxygen atoms in total. The summed E-state index contributed by atoms with van der Waals surface area (Å²) in [6.45, 7) is 6.70. The molecule has 7 heteroatoms. The summed E-state index contributed by atoms with van der Waals surface area (Å²) in [7, 11) is 0. The van der Waals surface area contributed by atoms with Crippen LogP contribution in [0.3, 0.4) is 0 Å². The highest BCUT2D eigenvalue weighted by molar-refractivity contribution is 7.13. The lowest BCUT2D eigenvalue weighted by Crippen LogP contribution is -2.26. The minimum absolute atomic E-state index is 0.125. The van der Waals surface area contributed by atoms with Gasteiger partial charge in [0.1, 0.15) is 5.76 Å². The molecule has 1 aromatic carbocycles. The van der Waals surface area contributed by atoms with Gasteiger partial charge in [-0.25, -0.2) is 9.97 Å². The van der Waals surface area contributed by atoms with E-state index in [2.05, 4.69) is 51.4 Å². The molecular formula is C20H22N4O2S. The molecule has 4 rings (SSSR count). The third-order valence-corrected chi connectivity index (χ3v) is 5.53. The van der Waals surface area contributed by atoms with Crippen molar-refractivity contribution in [3.8, 4) is 0 Å². The summed E-state index contributed by atoms with van der Waals surface area (Å²) in [6, 6.07) is 8.65. The molecule has 2 aromatic heterocycles. The molecule has 140 valence electrons. The van der Waals surface area contributed by atoms with Crippen molar-refractivity contribution in [2.24, 2.45) is 0 Å². The van der Waals surface area contributed by atoms with Gasteiger partial charge in [-0.2, -0.15) is 0 Å². The molecule has 1 amide bonds. The summed E-state index contributed by atoms with van der Waals surface area (Å²) in [5.74, 6) is 0.607. The molecule has 0 atom stereocenters. The number of hydrogen-bond donors (Lipinski definition) is 1. The Morgan fingerprint density at radius 1 is 1.19 bits per heavy atom. The molecule has 0 spiro atoms. The number of aromatic nitrogens is 2. The fourth-order valence-corrected chi connectivity index (χ4v) is 3.86. The number of oxazole rings is 1. The van der Waals surface area contributed by atoms with Gasteiger partial charge in [0.25, 0.3) is 5.89 Å². The van der Waals surface area contributed by atoms with Crippen molar-refractivity contribution in [3.05, 3.63) is 63.8 Å². The summed E-state index contributed by atoms with van der Waals surface area (Å²) < 4.78 is 5.77. The van der Waals surface area contributed by atoms with Crippen LogP contribution in [0.5, 0.6) is 0 Å². The fraction of sp³-hybridized carbons (Fsp3) is 0.350. The Morgan fingerprint density at radius 3 is 2.70 bits per heavy atom. The topological polar surface area (TPSA) is 71.3 Å². The first-order chi connectivity index (χ1) is 13.1. The zero-order valence-electron chi connectivity index (χ0n) is 15.5. The number of carbonyl (C=O) groups is 1. The third kappa shape index (κ3) is 4.26. The quantitative estimate of drug-likeness (QED) is 0.746. The summed E-state index contributed by atoms with van der Waals surface area (Å²) >= 11 is 1.39. The van der Waals surface area contributed by atoms with E-state index in [9.17, 15) is 4.79 Å². The zero-order chi connectivity index (χ0) is 18.8. The first kappa shape index (κ1) is 17.9. The molecule has 0 unspecified atom stereocenters. The first-order valence-corrected chi connectivity index (χ1v) is 9.95. The van der Waals surface area contributed by atoms with Gasteiger partial charge in [-0.15, -0.1) is 11.3 Å². The van der Waals surface area contributed by atoms with Crippen molar-refractivity contribution >= 4 is 22.4 Å². The monoisotopic (exact) mass is 382 g/mol. The molecule has 1 N–H and O–H groups in total. The van der Waals surface area contributed by atoms with Gasteiger partial charge < -0.3 is 4.42 Å². The Labute approximate surface area is 162 Å². The highest BCUT2D eigenvalue weighted by Gasteiger charge is 2.23. The molecule has 0 bridgehead atoms. The van der Waals surface area contributed by atoms with Crippen molar-refractivity contribution in [1.82, 2.24) is 14.9 Å². The summed E-state index contributed by atoms with van der Waals surface area (Å²) in [6.07, 6.45) is 1.55. The van der Waals surface area contributed by atoms with Gasteiger partial charge in [0, 0.05) is 37.9 Å². The van der Waals surface area contributed by atoms with Crippen molar-refractivity contribution in [3.63, 3.8) is 0 Å². The maximum atomic E-state index is 12.3. The summed E-state index contributed by atoms with van der Waals surface area (Å²) in [5.41, 5.74) is 4.36. The number of nitrogens with zero attached hydrogens (tertiary/aromatic N) is 3. The number of hydrogen-bond acceptors (Lipinski definition) is 6. The Kier molecular flexibility index (Phi) is 5.05. The van der Waals surface area contributed by atoms with Crippen LogP contribution in [0.25, 0.3) is 0 Å². The van der Waals surface area contributed by atoms with Crippen LogP contribution in [-0.2, 0) is 19.4 Å². The van der Waals surface area contributed by atoms with Crippen LogP contribution < -0.4 is 5.32 Å². The summed E-state index contributed by atoms with van der Waals surface area (Å²) in [4.78, 5) is 23.4. The van der Waals surface area contributed by atoms with Crippen LogP contribution in [-0.4, -0.2) is 33.9 Å². The number of rotatable bonds is 4. The number of benzene rings is 1. The van der Waals surface area contributed by atoms with Crippen LogP contribution in [0.4, 0.5) is 5.13 Å². The van der Waals surface area contributed by atoms with Gasteiger partial charge >= 0.3 is 5.91 Å². The molecule has 0 radical (unpaired) electrons. The highest BCUT2D eigenvalue weighted by Crippen LogP contribution is 2.20. The van der Waals surface area contributed by atoms with E-state index < -0.39 is 0 Å². The van der Waals surface area contributed by atoms with Crippen molar-refractivity contribution < 1.29 is 9.21 Å². The molecule has 0 fully saturated rings. The predicted molar refractivity (Wildman–Crippen MR) is 105 cm³/mol. The van der Waals surface area contributed by atoms with Crippen LogP contribution >= 0.6 is 11.3 Å². The van der Waals surface area contributed by atoms with Crippen molar-refractivity contribution in [2.75, 3.05) is 18.4 Å². The van der Waals surface area contributed by atoms with Crippen molar-refractivity contribution in [2.45, 2.75) is 33.2 Å². The molecule has 1 aliphatic rings. The lowest BCUT2D eigenvalue weighted by Gasteiger charge is -2.19. The number of carbonyl (C=O) groups excluding carboxylic acids is 1. The molecular weight excluding hydrogens is 360 g/mol. The average Bonchev–Trinajstić information content (AvgIpc) is 3.20. The van der Waals surface area contributed by atoms with Gasteiger partial charge in [-0.1, -0.05) is 29.8 Å². The maximum absolute atomic E-state index is 12.3. The van der Waals surface area contributed by atoms with E-state index in [0.29, 0.717) is 5.13 Å². The van der Waals surface area contributed by atoms with E-state index in [1.54, 1.807) is 0 Å². The van der Waals surface area contributed by atoms with Gasteiger partial charge in [0.15, 0.2) is 5.13 Å². The Hall–Kier alpha value is -2.51.